The highest BCUT2D eigenvalue weighted by atomic mass is 19.2. The maximum Gasteiger partial charge on any atom is 0.635 e. The molecule has 0 aliphatic rings. The molecule has 0 aliphatic heterocycles. The summed E-state index contributed by atoms with van der Waals surface area (Å²) in [5, 5.41) is 0. The van der Waals surface area contributed by atoms with Crippen LogP contribution in [-0.2, 0) is 0 Å². The lowest BCUT2D eigenvalue weighted by atomic mass is 9.78. The number of benzene rings is 3. The van der Waals surface area contributed by atoms with Crippen molar-refractivity contribution < 1.29 is 40.0 Å². The Bertz CT molecular complexity index is 1030. The Hall–Kier alpha value is -3.17. The number of hydrogen-bond acceptors (Lipinski definition) is 2. The first-order valence-corrected chi connectivity index (χ1v) is 7.63. The van der Waals surface area contributed by atoms with Gasteiger partial charge in [0.1, 0.15) is 11.5 Å². The first-order chi connectivity index (χ1) is 13.3. The third-order valence-corrected chi connectivity index (χ3v) is 3.60. The molecule has 28 heavy (non-hydrogen) atoms. The SMILES string of the molecule is Fc1ccc(OB(Oc2cccc(F)c2F)c2ccc(F)c(F)c2F)cc1F. The molecule has 2 nitrogen and oxygen atoms in total. The summed E-state index contributed by atoms with van der Waals surface area (Å²) in [5.41, 5.74) is -0.729. The van der Waals surface area contributed by atoms with Crippen LogP contribution in [0.1, 0.15) is 0 Å². The van der Waals surface area contributed by atoms with Gasteiger partial charge in [0.15, 0.2) is 40.7 Å². The Balaban J connectivity index is 2.04. The Labute approximate surface area is 154 Å². The molecule has 10 heteroatoms. The summed E-state index contributed by atoms with van der Waals surface area (Å²) in [7, 11) is -1.99. The molecule has 0 spiro atoms. The molecule has 0 unspecified atom stereocenters. The summed E-state index contributed by atoms with van der Waals surface area (Å²) in [6.07, 6.45) is 0. The molecule has 3 rings (SSSR count). The molecule has 0 saturated heterocycles. The predicted molar refractivity (Wildman–Crippen MR) is 85.7 cm³/mol. The Morgan fingerprint density at radius 1 is 0.571 bits per heavy atom. The number of halogens is 7. The van der Waals surface area contributed by atoms with Crippen molar-refractivity contribution in [3.05, 3.63) is 89.3 Å². The van der Waals surface area contributed by atoms with E-state index in [9.17, 15) is 30.7 Å². The van der Waals surface area contributed by atoms with E-state index in [0.717, 1.165) is 30.3 Å². The average Bonchev–Trinajstić information content (AvgIpc) is 2.66. The lowest BCUT2D eigenvalue weighted by Crippen LogP contribution is -2.45. The lowest BCUT2D eigenvalue weighted by Gasteiger charge is -2.18. The molecule has 144 valence electrons. The van der Waals surface area contributed by atoms with E-state index in [1.807, 2.05) is 0 Å². The van der Waals surface area contributed by atoms with Crippen LogP contribution in [0, 0.1) is 40.7 Å². The van der Waals surface area contributed by atoms with Gasteiger partial charge in [-0.15, -0.1) is 0 Å². The van der Waals surface area contributed by atoms with E-state index in [4.69, 9.17) is 9.31 Å². The minimum absolute atomic E-state index is 0.398. The smallest absolute Gasteiger partial charge is 0.522 e. The van der Waals surface area contributed by atoms with Crippen LogP contribution >= 0.6 is 0 Å². The van der Waals surface area contributed by atoms with Crippen LogP contribution in [0.3, 0.4) is 0 Å². The van der Waals surface area contributed by atoms with Gasteiger partial charge in [-0.1, -0.05) is 12.1 Å². The molecule has 0 saturated carbocycles. The van der Waals surface area contributed by atoms with E-state index in [1.165, 1.54) is 0 Å². The van der Waals surface area contributed by atoms with Gasteiger partial charge in [-0.3, -0.25) is 0 Å². The second-order valence-corrected chi connectivity index (χ2v) is 5.46. The molecule has 0 heterocycles. The number of hydrogen-bond donors (Lipinski definition) is 0. The molecule has 0 amide bonds. The summed E-state index contributed by atoms with van der Waals surface area (Å²) in [6.45, 7) is 0. The molecule has 3 aromatic rings. The fraction of sp³-hybridized carbons (Fsp3) is 0. The fourth-order valence-corrected chi connectivity index (χ4v) is 2.24. The van der Waals surface area contributed by atoms with E-state index in [2.05, 4.69) is 0 Å². The first-order valence-electron chi connectivity index (χ1n) is 7.63. The van der Waals surface area contributed by atoms with E-state index in [-0.39, 0.29) is 0 Å². The van der Waals surface area contributed by atoms with E-state index in [1.54, 1.807) is 0 Å². The second-order valence-electron chi connectivity index (χ2n) is 5.46. The highest BCUT2D eigenvalue weighted by Crippen LogP contribution is 2.22. The maximum atomic E-state index is 14.2. The van der Waals surface area contributed by atoms with E-state index >= 15 is 0 Å². The van der Waals surface area contributed by atoms with Crippen molar-refractivity contribution in [3.63, 3.8) is 0 Å². The molecule has 0 bridgehead atoms. The summed E-state index contributed by atoms with van der Waals surface area (Å²) < 4.78 is 105. The van der Waals surface area contributed by atoms with E-state index < -0.39 is 64.8 Å². The van der Waals surface area contributed by atoms with Crippen LogP contribution < -0.4 is 14.8 Å². The van der Waals surface area contributed by atoms with Crippen molar-refractivity contribution in [1.29, 1.82) is 0 Å². The molecule has 0 atom stereocenters. The van der Waals surface area contributed by atoms with Crippen molar-refractivity contribution in [1.82, 2.24) is 0 Å². The standard InChI is InChI=1S/C18H8BF7O2/c20-11-6-4-9(8-14(11)23)27-19(10-5-7-13(22)18(26)16(10)24)28-15-3-1-2-12(21)17(15)25/h1-8H. The molecule has 0 aromatic heterocycles. The second kappa shape index (κ2) is 7.83. The zero-order valence-electron chi connectivity index (χ0n) is 13.7. The molecule has 0 aliphatic carbocycles. The maximum absolute atomic E-state index is 14.2. The zero-order valence-corrected chi connectivity index (χ0v) is 13.7. The van der Waals surface area contributed by atoms with E-state index in [0.29, 0.717) is 18.2 Å². The van der Waals surface area contributed by atoms with Gasteiger partial charge in [-0.2, -0.15) is 4.39 Å². The van der Waals surface area contributed by atoms with Gasteiger partial charge in [0.05, 0.1) is 5.46 Å². The van der Waals surface area contributed by atoms with Crippen molar-refractivity contribution in [2.45, 2.75) is 0 Å². The fourth-order valence-electron chi connectivity index (χ4n) is 2.24. The Morgan fingerprint density at radius 2 is 1.25 bits per heavy atom. The minimum atomic E-state index is -1.99. The van der Waals surface area contributed by atoms with Crippen LogP contribution in [0.25, 0.3) is 0 Å². The largest absolute Gasteiger partial charge is 0.635 e. The normalized spacial score (nSPS) is 10.7. The lowest BCUT2D eigenvalue weighted by molar-refractivity contribution is 0.397. The van der Waals surface area contributed by atoms with Gasteiger partial charge in [0, 0.05) is 6.07 Å². The number of rotatable bonds is 5. The van der Waals surface area contributed by atoms with Crippen LogP contribution in [0.4, 0.5) is 30.7 Å². The third-order valence-electron chi connectivity index (χ3n) is 3.60. The minimum Gasteiger partial charge on any atom is -0.522 e. The highest BCUT2D eigenvalue weighted by Gasteiger charge is 2.34. The monoisotopic (exact) mass is 400 g/mol. The van der Waals surface area contributed by atoms with Crippen molar-refractivity contribution >= 4 is 12.6 Å². The molecule has 3 aromatic carbocycles. The van der Waals surface area contributed by atoms with Gasteiger partial charge in [-0.05, 0) is 30.3 Å². The van der Waals surface area contributed by atoms with Crippen LogP contribution in [0.2, 0.25) is 0 Å². The Morgan fingerprint density at radius 3 is 1.96 bits per heavy atom. The van der Waals surface area contributed by atoms with Gasteiger partial charge < -0.3 is 9.31 Å². The van der Waals surface area contributed by atoms with Crippen LogP contribution in [-0.4, -0.2) is 7.12 Å². The molecular weight excluding hydrogens is 392 g/mol. The average molecular weight is 400 g/mol. The highest BCUT2D eigenvalue weighted by molar-refractivity contribution is 6.62. The quantitative estimate of drug-likeness (QED) is 0.357. The topological polar surface area (TPSA) is 18.5 Å². The molecular formula is C18H8BF7O2. The van der Waals surface area contributed by atoms with Gasteiger partial charge in [0.2, 0.25) is 0 Å². The molecule has 0 N–H and O–H groups in total. The van der Waals surface area contributed by atoms with Crippen molar-refractivity contribution in [3.8, 4) is 11.5 Å². The van der Waals surface area contributed by atoms with Gasteiger partial charge >= 0.3 is 7.12 Å². The molecule has 0 fully saturated rings. The summed E-state index contributed by atoms with van der Waals surface area (Å²) in [4.78, 5) is 0. The van der Waals surface area contributed by atoms with Gasteiger partial charge in [0.25, 0.3) is 0 Å². The van der Waals surface area contributed by atoms with Crippen molar-refractivity contribution in [2.75, 3.05) is 0 Å². The summed E-state index contributed by atoms with van der Waals surface area (Å²) in [6, 6.07) is 6.33. The zero-order chi connectivity index (χ0) is 20.4. The van der Waals surface area contributed by atoms with Crippen LogP contribution in [0.15, 0.2) is 48.5 Å². The van der Waals surface area contributed by atoms with Crippen LogP contribution in [0.5, 0.6) is 11.5 Å². The summed E-state index contributed by atoms with van der Waals surface area (Å²) >= 11 is 0. The van der Waals surface area contributed by atoms with Gasteiger partial charge in [-0.25, -0.2) is 26.3 Å². The Kier molecular flexibility index (Phi) is 5.48. The first kappa shape index (κ1) is 19.6. The summed E-state index contributed by atoms with van der Waals surface area (Å²) in [5.74, 6) is -11.5. The third kappa shape index (κ3) is 3.90. The predicted octanol–water partition coefficient (Wildman–Crippen LogP) is 4.51. The molecule has 0 radical (unpaired) electrons. The van der Waals surface area contributed by atoms with Crippen molar-refractivity contribution in [2.24, 2.45) is 0 Å².